The normalized spacial score (nSPS) is 48.1. The van der Waals surface area contributed by atoms with Crippen molar-refractivity contribution in [2.75, 3.05) is 13.1 Å². The molecule has 35 heavy (non-hydrogen) atoms. The number of furan rings is 2. The molecule has 0 bridgehead atoms. The molecule has 7 heterocycles. The number of rotatable bonds is 2. The van der Waals surface area contributed by atoms with Crippen molar-refractivity contribution in [2.45, 2.75) is 101 Å². The number of nitrogens with zero attached hydrogens (tertiary/aromatic N) is 2. The lowest BCUT2D eigenvalue weighted by Gasteiger charge is -2.61. The van der Waals surface area contributed by atoms with E-state index in [1.54, 1.807) is 0 Å². The van der Waals surface area contributed by atoms with E-state index in [9.17, 15) is 0 Å². The summed E-state index contributed by atoms with van der Waals surface area (Å²) >= 11 is 2.40. The molecule has 5 aliphatic heterocycles. The zero-order chi connectivity index (χ0) is 23.9. The van der Waals surface area contributed by atoms with Crippen molar-refractivity contribution >= 4 is 11.8 Å². The summed E-state index contributed by atoms with van der Waals surface area (Å²) < 4.78 is 11.1. The Labute approximate surface area is 215 Å². The summed E-state index contributed by atoms with van der Waals surface area (Å²) in [5, 5.41) is 1.54. The highest BCUT2D eigenvalue weighted by Gasteiger charge is 2.67. The summed E-state index contributed by atoms with van der Waals surface area (Å²) in [6.07, 6.45) is 15.7. The van der Waals surface area contributed by atoms with Crippen LogP contribution in [0.5, 0.6) is 0 Å². The lowest BCUT2D eigenvalue weighted by Crippen LogP contribution is -2.66. The highest BCUT2D eigenvalue weighted by atomic mass is 32.2. The lowest BCUT2D eigenvalue weighted by molar-refractivity contribution is -0.115. The molecule has 4 nitrogen and oxygen atoms in total. The average Bonchev–Trinajstić information content (AvgIpc) is 3.59. The molecule has 5 fully saturated rings. The van der Waals surface area contributed by atoms with Gasteiger partial charge in [-0.1, -0.05) is 27.7 Å². The minimum absolute atomic E-state index is 0.324. The van der Waals surface area contributed by atoms with Crippen molar-refractivity contribution < 1.29 is 8.83 Å². The van der Waals surface area contributed by atoms with Crippen LogP contribution in [0, 0.1) is 22.7 Å². The van der Waals surface area contributed by atoms with Gasteiger partial charge < -0.3 is 8.83 Å². The first-order valence-electron chi connectivity index (χ1n) is 14.1. The van der Waals surface area contributed by atoms with E-state index >= 15 is 0 Å². The summed E-state index contributed by atoms with van der Waals surface area (Å²) in [5.41, 5.74) is 3.43. The van der Waals surface area contributed by atoms with Gasteiger partial charge in [0.1, 0.15) is 0 Å². The molecule has 5 aliphatic rings. The fourth-order valence-electron chi connectivity index (χ4n) is 9.14. The van der Waals surface area contributed by atoms with E-state index in [0.29, 0.717) is 35.0 Å². The molecular formula is C30H42N2O2S. The first kappa shape index (κ1) is 23.0. The number of piperidine rings is 4. The monoisotopic (exact) mass is 494 g/mol. The second kappa shape index (κ2) is 8.16. The average molecular weight is 495 g/mol. The van der Waals surface area contributed by atoms with Crippen LogP contribution in [-0.2, 0) is 0 Å². The van der Waals surface area contributed by atoms with Gasteiger partial charge in [-0.15, -0.1) is 0 Å². The third-order valence-electron chi connectivity index (χ3n) is 11.6. The van der Waals surface area contributed by atoms with Crippen LogP contribution < -0.4 is 0 Å². The van der Waals surface area contributed by atoms with Crippen LogP contribution in [0.15, 0.2) is 46.0 Å². The first-order chi connectivity index (χ1) is 16.9. The maximum atomic E-state index is 5.56. The summed E-state index contributed by atoms with van der Waals surface area (Å²) in [6.45, 7) is 12.8. The number of hydrogen-bond acceptors (Lipinski definition) is 5. The van der Waals surface area contributed by atoms with Gasteiger partial charge in [0.25, 0.3) is 0 Å². The van der Waals surface area contributed by atoms with Gasteiger partial charge in [0.15, 0.2) is 0 Å². The Morgan fingerprint density at radius 2 is 1.20 bits per heavy atom. The Morgan fingerprint density at radius 3 is 1.60 bits per heavy atom. The molecule has 190 valence electrons. The van der Waals surface area contributed by atoms with Gasteiger partial charge in [0, 0.05) is 58.9 Å². The molecule has 2 aromatic rings. The molecule has 0 amide bonds. The largest absolute Gasteiger partial charge is 0.472 e. The molecule has 5 heteroatoms. The Balaban J connectivity index is 1.24. The van der Waals surface area contributed by atoms with Crippen molar-refractivity contribution in [1.29, 1.82) is 0 Å². The van der Waals surface area contributed by atoms with Crippen molar-refractivity contribution in [1.82, 2.24) is 9.80 Å². The molecule has 0 N–H and O–H groups in total. The van der Waals surface area contributed by atoms with E-state index in [-0.39, 0.29) is 0 Å². The first-order valence-corrected chi connectivity index (χ1v) is 15.0. The highest BCUT2D eigenvalue weighted by molar-refractivity contribution is 8.00. The number of fused-ring (bicyclic) bond motifs is 5. The van der Waals surface area contributed by atoms with Crippen molar-refractivity contribution in [2.24, 2.45) is 22.7 Å². The second-order valence-electron chi connectivity index (χ2n) is 13.2. The smallest absolute Gasteiger partial charge is 0.0950 e. The molecular weight excluding hydrogens is 452 g/mol. The van der Waals surface area contributed by atoms with Crippen molar-refractivity contribution in [3.63, 3.8) is 0 Å². The minimum atomic E-state index is 0.324. The Morgan fingerprint density at radius 1 is 0.743 bits per heavy atom. The van der Waals surface area contributed by atoms with Gasteiger partial charge in [-0.05, 0) is 73.3 Å². The molecule has 0 unspecified atom stereocenters. The van der Waals surface area contributed by atoms with Crippen LogP contribution in [0.4, 0.5) is 0 Å². The lowest BCUT2D eigenvalue weighted by atomic mass is 9.55. The fraction of sp³-hybridized carbons (Fsp3) is 0.733. The van der Waals surface area contributed by atoms with Crippen LogP contribution in [0.2, 0.25) is 0 Å². The van der Waals surface area contributed by atoms with Crippen LogP contribution in [0.3, 0.4) is 0 Å². The van der Waals surface area contributed by atoms with Crippen LogP contribution in [0.1, 0.15) is 89.4 Å². The maximum absolute atomic E-state index is 5.56. The Bertz CT molecular complexity index is 957. The van der Waals surface area contributed by atoms with Gasteiger partial charge >= 0.3 is 0 Å². The SMILES string of the molecule is C[C@@H]1CC[C@@H](c2ccoc2)N2C[C@@]3(C)[C@H](C[C@@H]12)S[C@@H]1C[C@@H]2[C@@H](C)CC[C@@H](c4ccoc4)N2C[C@@]13C. The third kappa shape index (κ3) is 3.26. The molecule has 0 radical (unpaired) electrons. The van der Waals surface area contributed by atoms with Crippen molar-refractivity contribution in [3.8, 4) is 0 Å². The Hall–Kier alpha value is -1.17. The number of hydrogen-bond donors (Lipinski definition) is 0. The zero-order valence-electron chi connectivity index (χ0n) is 21.9. The summed E-state index contributed by atoms with van der Waals surface area (Å²) in [5.74, 6) is 1.58. The van der Waals surface area contributed by atoms with Gasteiger partial charge in [-0.25, -0.2) is 0 Å². The molecule has 0 saturated carbocycles. The standard InChI is InChI=1S/C30H42N2O2S/c1-19-5-7-23(21-9-11-33-15-21)31-17-29(3)27(13-25(19)31)35-28-14-26-20(2)6-8-24(22-10-12-34-16-22)32(26)18-30(28,29)4/h9-12,15-16,19-20,23-28H,5-8,13-14,17-18H2,1-4H3/t19-,20+,23-,24-,25+,26-,27+,28-,29-,30-/m0/s1. The van der Waals surface area contributed by atoms with Crippen LogP contribution in [0.25, 0.3) is 0 Å². The van der Waals surface area contributed by atoms with E-state index in [1.807, 2.05) is 25.1 Å². The van der Waals surface area contributed by atoms with Crippen molar-refractivity contribution in [3.05, 3.63) is 48.3 Å². The second-order valence-corrected chi connectivity index (χ2v) is 14.6. The van der Waals surface area contributed by atoms with E-state index in [4.69, 9.17) is 8.83 Å². The van der Waals surface area contributed by atoms with Gasteiger partial charge in [0.05, 0.1) is 25.1 Å². The van der Waals surface area contributed by atoms with Crippen LogP contribution in [-0.4, -0.2) is 45.5 Å². The zero-order valence-corrected chi connectivity index (χ0v) is 22.7. The van der Waals surface area contributed by atoms with Gasteiger partial charge in [-0.3, -0.25) is 9.80 Å². The summed E-state index contributed by atoms with van der Waals surface area (Å²) in [7, 11) is 0. The van der Waals surface area contributed by atoms with Gasteiger partial charge in [0.2, 0.25) is 0 Å². The molecule has 5 saturated heterocycles. The molecule has 10 atom stereocenters. The predicted molar refractivity (Wildman–Crippen MR) is 141 cm³/mol. The van der Waals surface area contributed by atoms with E-state index in [2.05, 4.69) is 61.4 Å². The molecule has 7 rings (SSSR count). The molecule has 2 aromatic heterocycles. The summed E-state index contributed by atoms with van der Waals surface area (Å²) in [6, 6.07) is 6.89. The topological polar surface area (TPSA) is 32.8 Å². The summed E-state index contributed by atoms with van der Waals surface area (Å²) in [4.78, 5) is 5.87. The van der Waals surface area contributed by atoms with E-state index < -0.39 is 0 Å². The van der Waals surface area contributed by atoms with Crippen LogP contribution >= 0.6 is 11.8 Å². The molecule has 0 aliphatic carbocycles. The predicted octanol–water partition coefficient (Wildman–Crippen LogP) is 7.16. The maximum Gasteiger partial charge on any atom is 0.0950 e. The number of thioether (sulfide) groups is 1. The fourth-order valence-corrected chi connectivity index (χ4v) is 11.4. The quantitative estimate of drug-likeness (QED) is 0.442. The van der Waals surface area contributed by atoms with E-state index in [1.165, 1.54) is 62.7 Å². The van der Waals surface area contributed by atoms with E-state index in [0.717, 1.165) is 22.3 Å². The molecule has 0 aromatic carbocycles. The Kier molecular flexibility index (Phi) is 5.36. The van der Waals surface area contributed by atoms with Gasteiger partial charge in [-0.2, -0.15) is 11.8 Å². The highest BCUT2D eigenvalue weighted by Crippen LogP contribution is 2.68. The minimum Gasteiger partial charge on any atom is -0.472 e. The third-order valence-corrected chi connectivity index (χ3v) is 13.7. The molecule has 0 spiro atoms.